The molecule has 2 rings (SSSR count). The summed E-state index contributed by atoms with van der Waals surface area (Å²) in [4.78, 5) is 0. The quantitative estimate of drug-likeness (QED) is 0.812. The highest BCUT2D eigenvalue weighted by atomic mass is 19.1. The predicted octanol–water partition coefficient (Wildman–Crippen LogP) is 1.78. The van der Waals surface area contributed by atoms with Gasteiger partial charge in [-0.1, -0.05) is 5.16 Å². The second-order valence-corrected chi connectivity index (χ2v) is 3.12. The zero-order valence-electron chi connectivity index (χ0n) is 8.40. The summed E-state index contributed by atoms with van der Waals surface area (Å²) in [7, 11) is 1.27. The van der Waals surface area contributed by atoms with Crippen molar-refractivity contribution in [1.82, 2.24) is 5.16 Å². The molecule has 0 amide bonds. The minimum Gasteiger partial charge on any atom is -0.504 e. The zero-order chi connectivity index (χ0) is 11.7. The molecule has 0 saturated carbocycles. The van der Waals surface area contributed by atoms with Crippen molar-refractivity contribution in [3.8, 4) is 22.8 Å². The lowest BCUT2D eigenvalue weighted by Crippen LogP contribution is -1.90. The second kappa shape index (κ2) is 3.73. The van der Waals surface area contributed by atoms with Crippen LogP contribution in [0.15, 0.2) is 22.7 Å². The molecule has 0 aliphatic heterocycles. The molecule has 16 heavy (non-hydrogen) atoms. The topological polar surface area (TPSA) is 81.5 Å². The van der Waals surface area contributed by atoms with Crippen molar-refractivity contribution in [2.24, 2.45) is 0 Å². The van der Waals surface area contributed by atoms with E-state index in [4.69, 9.17) is 5.73 Å². The molecule has 0 radical (unpaired) electrons. The monoisotopic (exact) mass is 224 g/mol. The normalized spacial score (nSPS) is 10.4. The summed E-state index contributed by atoms with van der Waals surface area (Å²) < 4.78 is 22.8. The van der Waals surface area contributed by atoms with Gasteiger partial charge in [0.05, 0.1) is 7.11 Å². The maximum absolute atomic E-state index is 13.4. The largest absolute Gasteiger partial charge is 0.504 e. The SMILES string of the molecule is COc1c(O)cc(-c2cc(N)on2)cc1F. The Bertz CT molecular complexity index is 502. The minimum absolute atomic E-state index is 0.116. The van der Waals surface area contributed by atoms with Crippen LogP contribution in [-0.2, 0) is 0 Å². The molecule has 5 nitrogen and oxygen atoms in total. The van der Waals surface area contributed by atoms with E-state index < -0.39 is 5.82 Å². The molecule has 0 aliphatic rings. The van der Waals surface area contributed by atoms with Gasteiger partial charge in [-0.2, -0.15) is 0 Å². The van der Waals surface area contributed by atoms with E-state index in [1.807, 2.05) is 0 Å². The van der Waals surface area contributed by atoms with Crippen LogP contribution in [0.2, 0.25) is 0 Å². The zero-order valence-corrected chi connectivity index (χ0v) is 8.40. The van der Waals surface area contributed by atoms with E-state index in [9.17, 15) is 9.50 Å². The molecule has 0 aliphatic carbocycles. The summed E-state index contributed by atoms with van der Waals surface area (Å²) in [5.41, 5.74) is 6.04. The van der Waals surface area contributed by atoms with Gasteiger partial charge in [0.1, 0.15) is 5.69 Å². The van der Waals surface area contributed by atoms with E-state index in [-0.39, 0.29) is 17.4 Å². The number of nitrogen functional groups attached to an aromatic ring is 1. The van der Waals surface area contributed by atoms with Crippen LogP contribution in [0.1, 0.15) is 0 Å². The van der Waals surface area contributed by atoms with E-state index in [2.05, 4.69) is 14.4 Å². The molecule has 6 heteroatoms. The number of methoxy groups -OCH3 is 1. The number of halogens is 1. The van der Waals surface area contributed by atoms with Gasteiger partial charge in [0.15, 0.2) is 17.3 Å². The second-order valence-electron chi connectivity index (χ2n) is 3.12. The number of nitrogens with zero attached hydrogens (tertiary/aromatic N) is 1. The number of phenols is 1. The molecule has 2 aromatic rings. The Morgan fingerprint density at radius 1 is 1.44 bits per heavy atom. The Kier molecular flexibility index (Phi) is 2.40. The average molecular weight is 224 g/mol. The molecule has 84 valence electrons. The van der Waals surface area contributed by atoms with Crippen LogP contribution in [0, 0.1) is 5.82 Å². The highest BCUT2D eigenvalue weighted by Gasteiger charge is 2.13. The lowest BCUT2D eigenvalue weighted by atomic mass is 10.1. The minimum atomic E-state index is -0.681. The van der Waals surface area contributed by atoms with Gasteiger partial charge in [-0.25, -0.2) is 4.39 Å². The Balaban J connectivity index is 2.52. The first-order valence-electron chi connectivity index (χ1n) is 4.41. The summed E-state index contributed by atoms with van der Waals surface area (Å²) >= 11 is 0. The Hall–Kier alpha value is -2.24. The molecular weight excluding hydrogens is 215 g/mol. The maximum Gasteiger partial charge on any atom is 0.222 e. The van der Waals surface area contributed by atoms with E-state index in [0.717, 1.165) is 0 Å². The maximum atomic E-state index is 13.4. The number of anilines is 1. The van der Waals surface area contributed by atoms with Crippen LogP contribution in [0.5, 0.6) is 11.5 Å². The van der Waals surface area contributed by atoms with Crippen molar-refractivity contribution in [2.45, 2.75) is 0 Å². The third-order valence-corrected chi connectivity index (χ3v) is 2.05. The molecule has 0 fully saturated rings. The van der Waals surface area contributed by atoms with Crippen molar-refractivity contribution in [2.75, 3.05) is 12.8 Å². The van der Waals surface area contributed by atoms with Crippen LogP contribution >= 0.6 is 0 Å². The molecule has 3 N–H and O–H groups in total. The van der Waals surface area contributed by atoms with E-state index in [1.54, 1.807) is 0 Å². The molecule has 1 heterocycles. The highest BCUT2D eigenvalue weighted by Crippen LogP contribution is 2.34. The molecule has 0 atom stereocenters. The van der Waals surface area contributed by atoms with Crippen molar-refractivity contribution in [3.63, 3.8) is 0 Å². The van der Waals surface area contributed by atoms with E-state index >= 15 is 0 Å². The summed E-state index contributed by atoms with van der Waals surface area (Å²) in [5, 5.41) is 13.1. The molecule has 0 bridgehead atoms. The first-order chi connectivity index (χ1) is 7.61. The van der Waals surface area contributed by atoms with Gasteiger partial charge < -0.3 is 20.1 Å². The first-order valence-corrected chi connectivity index (χ1v) is 4.41. The van der Waals surface area contributed by atoms with E-state index in [0.29, 0.717) is 11.3 Å². The number of aromatic nitrogens is 1. The summed E-state index contributed by atoms with van der Waals surface area (Å²) in [5.74, 6) is -1.08. The molecule has 0 unspecified atom stereocenters. The van der Waals surface area contributed by atoms with Gasteiger partial charge in [-0.15, -0.1) is 0 Å². The van der Waals surface area contributed by atoms with Crippen LogP contribution in [0.25, 0.3) is 11.3 Å². The Morgan fingerprint density at radius 2 is 2.19 bits per heavy atom. The van der Waals surface area contributed by atoms with Crippen LogP contribution in [-0.4, -0.2) is 17.4 Å². The standard InChI is InChI=1S/C10H9FN2O3/c1-15-10-6(11)2-5(3-8(10)14)7-4-9(12)16-13-7/h2-4,14H,12H2,1H3. The highest BCUT2D eigenvalue weighted by molar-refractivity contribution is 5.65. The Morgan fingerprint density at radius 3 is 2.69 bits per heavy atom. The van der Waals surface area contributed by atoms with Crippen molar-refractivity contribution >= 4 is 5.88 Å². The number of hydrogen-bond donors (Lipinski definition) is 2. The fourth-order valence-corrected chi connectivity index (χ4v) is 1.35. The van der Waals surface area contributed by atoms with Crippen molar-refractivity contribution < 1.29 is 18.8 Å². The number of ether oxygens (including phenoxy) is 1. The number of nitrogens with two attached hydrogens (primary N) is 1. The first kappa shape index (κ1) is 10.3. The van der Waals surface area contributed by atoms with Gasteiger partial charge in [0.2, 0.25) is 5.88 Å². The molecule has 0 spiro atoms. The third kappa shape index (κ3) is 1.65. The van der Waals surface area contributed by atoms with Gasteiger partial charge in [0.25, 0.3) is 0 Å². The number of aromatic hydroxyl groups is 1. The molecule has 1 aromatic carbocycles. The lowest BCUT2D eigenvalue weighted by molar-refractivity contribution is 0.351. The van der Waals surface area contributed by atoms with Gasteiger partial charge in [-0.3, -0.25) is 0 Å². The van der Waals surface area contributed by atoms with Gasteiger partial charge in [-0.05, 0) is 12.1 Å². The fourth-order valence-electron chi connectivity index (χ4n) is 1.35. The average Bonchev–Trinajstić information content (AvgIpc) is 2.64. The summed E-state index contributed by atoms with van der Waals surface area (Å²) in [6.07, 6.45) is 0. The number of rotatable bonds is 2. The van der Waals surface area contributed by atoms with Crippen LogP contribution < -0.4 is 10.5 Å². The summed E-state index contributed by atoms with van der Waals surface area (Å²) in [6.45, 7) is 0. The smallest absolute Gasteiger partial charge is 0.222 e. The third-order valence-electron chi connectivity index (χ3n) is 2.05. The fraction of sp³-hybridized carbons (Fsp3) is 0.100. The lowest BCUT2D eigenvalue weighted by Gasteiger charge is -2.05. The summed E-state index contributed by atoms with van der Waals surface area (Å²) in [6, 6.07) is 3.93. The number of phenolic OH excluding ortho intramolecular Hbond substituents is 1. The van der Waals surface area contributed by atoms with E-state index in [1.165, 1.54) is 25.3 Å². The van der Waals surface area contributed by atoms with Crippen LogP contribution in [0.3, 0.4) is 0 Å². The molecular formula is C10H9FN2O3. The Labute approximate surface area is 90.2 Å². The van der Waals surface area contributed by atoms with Crippen molar-refractivity contribution in [1.29, 1.82) is 0 Å². The van der Waals surface area contributed by atoms with Crippen LogP contribution in [0.4, 0.5) is 10.3 Å². The number of hydrogen-bond acceptors (Lipinski definition) is 5. The number of benzene rings is 1. The van der Waals surface area contributed by atoms with Gasteiger partial charge in [0, 0.05) is 11.6 Å². The molecule has 0 saturated heterocycles. The van der Waals surface area contributed by atoms with Crippen molar-refractivity contribution in [3.05, 3.63) is 24.0 Å². The predicted molar refractivity (Wildman–Crippen MR) is 54.5 cm³/mol. The van der Waals surface area contributed by atoms with Gasteiger partial charge >= 0.3 is 0 Å². The molecule has 1 aromatic heterocycles.